The minimum absolute atomic E-state index is 0.468. The van der Waals surface area contributed by atoms with Crippen molar-refractivity contribution in [2.24, 2.45) is 7.05 Å². The summed E-state index contributed by atoms with van der Waals surface area (Å²) in [5.41, 5.74) is 2.81. The standard InChI is InChI=1S/C13H14N4OS/c1-8-13(19-16-15-8)11(18)7-12-14-9-5-3-4-6-10(9)17(12)2/h3-6,11,18H,7H2,1-2H3. The number of aromatic nitrogens is 4. The van der Waals surface area contributed by atoms with Crippen LogP contribution in [0.3, 0.4) is 0 Å². The van der Waals surface area contributed by atoms with E-state index < -0.39 is 6.10 Å². The van der Waals surface area contributed by atoms with Gasteiger partial charge < -0.3 is 9.67 Å². The molecule has 0 aliphatic rings. The summed E-state index contributed by atoms with van der Waals surface area (Å²) in [5, 5.41) is 14.2. The monoisotopic (exact) mass is 274 g/mol. The number of hydrogen-bond donors (Lipinski definition) is 1. The molecular formula is C13H14N4OS. The largest absolute Gasteiger partial charge is 0.387 e. The van der Waals surface area contributed by atoms with E-state index in [4.69, 9.17) is 0 Å². The molecule has 5 nitrogen and oxygen atoms in total. The van der Waals surface area contributed by atoms with E-state index in [9.17, 15) is 5.11 Å². The lowest BCUT2D eigenvalue weighted by Gasteiger charge is -2.08. The van der Waals surface area contributed by atoms with Crippen LogP contribution < -0.4 is 0 Å². The minimum Gasteiger partial charge on any atom is -0.387 e. The third kappa shape index (κ3) is 2.13. The highest BCUT2D eigenvalue weighted by Gasteiger charge is 2.18. The van der Waals surface area contributed by atoms with E-state index in [0.717, 1.165) is 27.4 Å². The van der Waals surface area contributed by atoms with Gasteiger partial charge in [0.2, 0.25) is 0 Å². The predicted molar refractivity (Wildman–Crippen MR) is 74.0 cm³/mol. The van der Waals surface area contributed by atoms with Crippen LogP contribution in [-0.4, -0.2) is 24.2 Å². The minimum atomic E-state index is -0.601. The zero-order valence-electron chi connectivity index (χ0n) is 10.7. The molecule has 0 spiro atoms. The molecule has 0 saturated carbocycles. The maximum Gasteiger partial charge on any atom is 0.112 e. The van der Waals surface area contributed by atoms with Gasteiger partial charge in [0.15, 0.2) is 0 Å². The van der Waals surface area contributed by atoms with Crippen molar-refractivity contribution >= 4 is 22.6 Å². The fourth-order valence-electron chi connectivity index (χ4n) is 2.19. The number of aliphatic hydroxyl groups is 1. The van der Waals surface area contributed by atoms with Crippen LogP contribution in [-0.2, 0) is 13.5 Å². The average molecular weight is 274 g/mol. The van der Waals surface area contributed by atoms with E-state index in [1.54, 1.807) is 0 Å². The van der Waals surface area contributed by atoms with Crippen molar-refractivity contribution in [2.75, 3.05) is 0 Å². The highest BCUT2D eigenvalue weighted by atomic mass is 32.1. The number of nitrogens with zero attached hydrogens (tertiary/aromatic N) is 4. The van der Waals surface area contributed by atoms with Gasteiger partial charge in [-0.05, 0) is 30.6 Å². The second-order valence-electron chi connectivity index (χ2n) is 4.52. The van der Waals surface area contributed by atoms with Crippen LogP contribution in [0.15, 0.2) is 24.3 Å². The summed E-state index contributed by atoms with van der Waals surface area (Å²) < 4.78 is 5.87. The average Bonchev–Trinajstić information content (AvgIpc) is 2.95. The zero-order chi connectivity index (χ0) is 13.4. The Bertz CT molecular complexity index is 718. The lowest BCUT2D eigenvalue weighted by atomic mass is 10.2. The van der Waals surface area contributed by atoms with E-state index in [2.05, 4.69) is 14.6 Å². The van der Waals surface area contributed by atoms with E-state index in [-0.39, 0.29) is 0 Å². The predicted octanol–water partition coefficient (Wildman–Crippen LogP) is 2.01. The van der Waals surface area contributed by atoms with E-state index in [1.165, 1.54) is 11.5 Å². The molecular weight excluding hydrogens is 260 g/mol. The molecule has 1 atom stereocenters. The van der Waals surface area contributed by atoms with Crippen molar-refractivity contribution in [1.29, 1.82) is 0 Å². The molecule has 2 heterocycles. The van der Waals surface area contributed by atoms with Crippen LogP contribution in [0.25, 0.3) is 11.0 Å². The van der Waals surface area contributed by atoms with Crippen molar-refractivity contribution in [3.05, 3.63) is 40.7 Å². The van der Waals surface area contributed by atoms with Gasteiger partial charge in [0, 0.05) is 13.5 Å². The second-order valence-corrected chi connectivity index (χ2v) is 5.30. The maximum atomic E-state index is 10.3. The Kier molecular flexibility index (Phi) is 3.04. The number of aryl methyl sites for hydroxylation is 2. The first-order chi connectivity index (χ1) is 9.16. The lowest BCUT2D eigenvalue weighted by molar-refractivity contribution is 0.178. The highest BCUT2D eigenvalue weighted by molar-refractivity contribution is 7.05. The summed E-state index contributed by atoms with van der Waals surface area (Å²) in [4.78, 5) is 5.37. The van der Waals surface area contributed by atoms with Gasteiger partial charge in [0.05, 0.1) is 27.7 Å². The van der Waals surface area contributed by atoms with Crippen LogP contribution in [0.2, 0.25) is 0 Å². The number of rotatable bonds is 3. The molecule has 0 bridgehead atoms. The Morgan fingerprint density at radius 1 is 1.37 bits per heavy atom. The van der Waals surface area contributed by atoms with Crippen molar-refractivity contribution in [3.63, 3.8) is 0 Å². The fraction of sp³-hybridized carbons (Fsp3) is 0.308. The normalized spacial score (nSPS) is 13.0. The first-order valence-electron chi connectivity index (χ1n) is 6.04. The molecule has 0 aliphatic heterocycles. The third-order valence-corrected chi connectivity index (χ3v) is 4.17. The molecule has 1 aromatic carbocycles. The number of hydrogen-bond acceptors (Lipinski definition) is 5. The number of benzene rings is 1. The smallest absolute Gasteiger partial charge is 0.112 e. The van der Waals surface area contributed by atoms with Crippen molar-refractivity contribution < 1.29 is 5.11 Å². The summed E-state index contributed by atoms with van der Waals surface area (Å²) in [6.07, 6.45) is -0.133. The van der Waals surface area contributed by atoms with Crippen LogP contribution in [0.5, 0.6) is 0 Å². The fourth-order valence-corrected chi connectivity index (χ4v) is 2.82. The second kappa shape index (κ2) is 4.71. The van der Waals surface area contributed by atoms with E-state index >= 15 is 0 Å². The molecule has 98 valence electrons. The Morgan fingerprint density at radius 3 is 2.84 bits per heavy atom. The molecule has 0 fully saturated rings. The summed E-state index contributed by atoms with van der Waals surface area (Å²) in [5.74, 6) is 0.863. The van der Waals surface area contributed by atoms with Gasteiger partial charge in [-0.15, -0.1) is 5.10 Å². The summed E-state index contributed by atoms with van der Waals surface area (Å²) >= 11 is 1.24. The molecule has 3 aromatic rings. The number of para-hydroxylation sites is 2. The van der Waals surface area contributed by atoms with Crippen LogP contribution in [0.4, 0.5) is 0 Å². The van der Waals surface area contributed by atoms with Gasteiger partial charge in [-0.2, -0.15) is 0 Å². The maximum absolute atomic E-state index is 10.3. The quantitative estimate of drug-likeness (QED) is 0.793. The molecule has 0 aliphatic carbocycles. The van der Waals surface area contributed by atoms with Gasteiger partial charge >= 0.3 is 0 Å². The SMILES string of the molecule is Cc1nnsc1C(O)Cc1nc2ccccc2n1C. The molecule has 0 radical (unpaired) electrons. The summed E-state index contributed by atoms with van der Waals surface area (Å²) in [6.45, 7) is 1.86. The van der Waals surface area contributed by atoms with Gasteiger partial charge in [-0.3, -0.25) is 0 Å². The Labute approximate surface area is 114 Å². The van der Waals surface area contributed by atoms with Crippen molar-refractivity contribution in [2.45, 2.75) is 19.4 Å². The molecule has 3 rings (SSSR count). The van der Waals surface area contributed by atoms with Gasteiger partial charge in [0.25, 0.3) is 0 Å². The topological polar surface area (TPSA) is 63.8 Å². The molecule has 6 heteroatoms. The third-order valence-electron chi connectivity index (χ3n) is 3.24. The Balaban J connectivity index is 1.93. The Hall–Kier alpha value is -1.79. The van der Waals surface area contributed by atoms with Crippen LogP contribution >= 0.6 is 11.5 Å². The van der Waals surface area contributed by atoms with Gasteiger partial charge in [-0.1, -0.05) is 16.6 Å². The lowest BCUT2D eigenvalue weighted by Crippen LogP contribution is -2.06. The van der Waals surface area contributed by atoms with Gasteiger partial charge in [0.1, 0.15) is 5.82 Å². The molecule has 2 aromatic heterocycles. The Morgan fingerprint density at radius 2 is 2.16 bits per heavy atom. The van der Waals surface area contributed by atoms with Crippen molar-refractivity contribution in [3.8, 4) is 0 Å². The van der Waals surface area contributed by atoms with E-state index in [0.29, 0.717) is 6.42 Å². The van der Waals surface area contributed by atoms with E-state index in [1.807, 2.05) is 42.8 Å². The number of imidazole rings is 1. The van der Waals surface area contributed by atoms with Crippen molar-refractivity contribution in [1.82, 2.24) is 19.1 Å². The zero-order valence-corrected chi connectivity index (χ0v) is 11.6. The molecule has 1 N–H and O–H groups in total. The van der Waals surface area contributed by atoms with Crippen LogP contribution in [0, 0.1) is 6.92 Å². The molecule has 19 heavy (non-hydrogen) atoms. The van der Waals surface area contributed by atoms with Crippen LogP contribution in [0.1, 0.15) is 22.5 Å². The molecule has 0 saturated heterocycles. The first-order valence-corrected chi connectivity index (χ1v) is 6.81. The summed E-state index contributed by atoms with van der Waals surface area (Å²) in [6, 6.07) is 7.96. The molecule has 0 amide bonds. The number of fused-ring (bicyclic) bond motifs is 1. The first kappa shape index (κ1) is 12.3. The molecule has 1 unspecified atom stereocenters. The highest BCUT2D eigenvalue weighted by Crippen LogP contribution is 2.24. The summed E-state index contributed by atoms with van der Waals surface area (Å²) in [7, 11) is 1.97. The number of aliphatic hydroxyl groups excluding tert-OH is 1. The van der Waals surface area contributed by atoms with Gasteiger partial charge in [-0.25, -0.2) is 4.98 Å².